The van der Waals surface area contributed by atoms with Crippen molar-refractivity contribution in [2.24, 2.45) is 0 Å². The summed E-state index contributed by atoms with van der Waals surface area (Å²) >= 11 is 12.7. The number of hydrogen-bond acceptors (Lipinski definition) is 6. The average molecular weight is 859 g/mol. The number of rotatable bonds is 13. The number of nitrogens with zero attached hydrogens (tertiary/aromatic N) is 3. The molecular weight excluding hydrogens is 811 g/mol. The van der Waals surface area contributed by atoms with Crippen molar-refractivity contribution in [3.63, 3.8) is 0 Å². The van der Waals surface area contributed by atoms with Crippen LogP contribution in [0.5, 0.6) is 0 Å². The molecule has 0 radical (unpaired) electrons. The zero-order valence-electron chi connectivity index (χ0n) is 32.1. The molecule has 2 atom stereocenters. The number of benzene rings is 3. The van der Waals surface area contributed by atoms with Crippen LogP contribution in [0.3, 0.4) is 0 Å². The number of likely N-dealkylation sites (tertiary alicyclic amines) is 1. The Morgan fingerprint density at radius 1 is 0.914 bits per heavy atom. The maximum absolute atomic E-state index is 13.8. The van der Waals surface area contributed by atoms with Crippen LogP contribution >= 0.6 is 23.2 Å². The van der Waals surface area contributed by atoms with Crippen molar-refractivity contribution in [2.45, 2.75) is 74.4 Å². The number of aliphatic hydroxyl groups excluding tert-OH is 1. The number of likely N-dealkylation sites (N-methyl/N-ethyl adjacent to an activating group) is 1. The van der Waals surface area contributed by atoms with Crippen molar-refractivity contribution < 1.29 is 50.5 Å². The zero-order valence-corrected chi connectivity index (χ0v) is 33.6. The van der Waals surface area contributed by atoms with Crippen LogP contribution in [0, 0.1) is 0 Å². The summed E-state index contributed by atoms with van der Waals surface area (Å²) in [6.07, 6.45) is -5.65. The predicted octanol–water partition coefficient (Wildman–Crippen LogP) is 8.39. The number of piperidine rings is 1. The van der Waals surface area contributed by atoms with Crippen molar-refractivity contribution in [3.05, 3.63) is 104 Å². The van der Waals surface area contributed by atoms with Gasteiger partial charge in [0, 0.05) is 44.3 Å². The Bertz CT molecular complexity index is 1910. The summed E-state index contributed by atoms with van der Waals surface area (Å²) in [5.41, 5.74) is -2.44. The van der Waals surface area contributed by atoms with Crippen molar-refractivity contribution in [2.75, 3.05) is 66.1 Å². The van der Waals surface area contributed by atoms with Gasteiger partial charge in [-0.05, 0) is 105 Å². The molecule has 2 saturated heterocycles. The molecule has 2 fully saturated rings. The molecule has 2 aliphatic heterocycles. The summed E-state index contributed by atoms with van der Waals surface area (Å²) in [5, 5.41) is 9.55. The molecule has 1 spiro atoms. The lowest BCUT2D eigenvalue weighted by Crippen LogP contribution is -2.54. The normalized spacial score (nSPS) is 21.0. The van der Waals surface area contributed by atoms with Crippen LogP contribution in [0.4, 0.5) is 26.3 Å². The quantitative estimate of drug-likeness (QED) is 0.138. The lowest BCUT2D eigenvalue weighted by molar-refractivity contribution is -0.143. The number of fused-ring (bicyclic) bond motifs is 2. The number of unbranched alkanes of at least 4 members (excludes halogenated alkanes) is 2. The van der Waals surface area contributed by atoms with Gasteiger partial charge in [0.05, 0.1) is 40.4 Å². The van der Waals surface area contributed by atoms with Crippen molar-refractivity contribution in [1.29, 1.82) is 0 Å². The Labute approximate surface area is 344 Å². The van der Waals surface area contributed by atoms with Gasteiger partial charge in [-0.15, -0.1) is 0 Å². The SMILES string of the molecule is CN(CCCCCO)C(=O)CO[C@H]1Cc2ccccc2C12CCN(CC[C@]1(c3ccc(Cl)c(Cl)c3)CN(C(=O)c3cc(C(F)(F)F)cc(C(F)(F)F)c3)CCO1)CC2. The molecule has 0 bridgehead atoms. The molecule has 0 aromatic heterocycles. The first kappa shape index (κ1) is 44.2. The summed E-state index contributed by atoms with van der Waals surface area (Å²) in [7, 11) is 1.76. The van der Waals surface area contributed by atoms with Gasteiger partial charge in [-0.1, -0.05) is 53.5 Å². The smallest absolute Gasteiger partial charge is 0.396 e. The second-order valence-corrected chi connectivity index (χ2v) is 16.3. The molecule has 2 heterocycles. The molecule has 58 heavy (non-hydrogen) atoms. The standard InChI is InChI=1S/C42H47Cl2F6N3O5/c1-51(14-5-2-6-19-54)37(55)26-57-36-23-28-7-3-4-8-33(28)39(36)11-15-52(16-12-39)17-13-40(30-9-10-34(43)35(44)25-30)27-53(18-20-58-40)38(56)29-21-31(41(45,46)47)24-32(22-29)42(48,49)50/h3-4,7-10,21-22,24-25,36,54H,2,5-6,11-20,23,26-27H2,1H3/t36-,40+/m0/s1. The van der Waals surface area contributed by atoms with Gasteiger partial charge >= 0.3 is 12.4 Å². The minimum absolute atomic E-state index is 0.000496. The number of aliphatic hydroxyl groups is 1. The Hall–Kier alpha value is -3.40. The highest BCUT2D eigenvalue weighted by molar-refractivity contribution is 6.42. The van der Waals surface area contributed by atoms with Crippen LogP contribution in [0.15, 0.2) is 60.7 Å². The second kappa shape index (κ2) is 18.1. The van der Waals surface area contributed by atoms with Crippen molar-refractivity contribution in [3.8, 4) is 0 Å². The van der Waals surface area contributed by atoms with Crippen LogP contribution < -0.4 is 0 Å². The summed E-state index contributed by atoms with van der Waals surface area (Å²) < 4.78 is 95.2. The van der Waals surface area contributed by atoms with Crippen molar-refractivity contribution in [1.82, 2.24) is 14.7 Å². The Balaban J connectivity index is 1.18. The summed E-state index contributed by atoms with van der Waals surface area (Å²) in [6, 6.07) is 14.0. The summed E-state index contributed by atoms with van der Waals surface area (Å²) in [4.78, 5) is 32.0. The molecule has 16 heteroatoms. The van der Waals surface area contributed by atoms with Gasteiger partial charge in [-0.2, -0.15) is 26.3 Å². The molecule has 3 aliphatic rings. The summed E-state index contributed by atoms with van der Waals surface area (Å²) in [5.74, 6) is -1.09. The molecule has 6 rings (SSSR count). The van der Waals surface area contributed by atoms with Gasteiger partial charge in [0.15, 0.2) is 0 Å². The fraction of sp³-hybridized carbons (Fsp3) is 0.524. The number of carbonyl (C=O) groups excluding carboxylic acids is 2. The van der Waals surface area contributed by atoms with E-state index in [1.54, 1.807) is 30.1 Å². The maximum atomic E-state index is 13.8. The highest BCUT2D eigenvalue weighted by Crippen LogP contribution is 2.48. The topological polar surface area (TPSA) is 82.5 Å². The Morgan fingerprint density at radius 3 is 2.26 bits per heavy atom. The van der Waals surface area contributed by atoms with Gasteiger partial charge < -0.3 is 29.3 Å². The van der Waals surface area contributed by atoms with E-state index in [0.29, 0.717) is 63.1 Å². The van der Waals surface area contributed by atoms with Crippen molar-refractivity contribution >= 4 is 35.0 Å². The molecule has 316 valence electrons. The van der Waals surface area contributed by atoms with E-state index in [-0.39, 0.29) is 66.4 Å². The Kier molecular flexibility index (Phi) is 13.8. The van der Waals surface area contributed by atoms with E-state index in [4.69, 9.17) is 37.8 Å². The van der Waals surface area contributed by atoms with Gasteiger partial charge in [0.2, 0.25) is 5.91 Å². The number of carbonyl (C=O) groups is 2. The van der Waals surface area contributed by atoms with Crippen LogP contribution in [-0.2, 0) is 44.1 Å². The minimum Gasteiger partial charge on any atom is -0.396 e. The lowest BCUT2D eigenvalue weighted by Gasteiger charge is -2.46. The second-order valence-electron chi connectivity index (χ2n) is 15.5. The Morgan fingerprint density at radius 2 is 1.60 bits per heavy atom. The molecule has 0 unspecified atom stereocenters. The molecular formula is C42H47Cl2F6N3O5. The molecule has 3 aromatic carbocycles. The van der Waals surface area contributed by atoms with Gasteiger partial charge in [-0.3, -0.25) is 9.59 Å². The highest BCUT2D eigenvalue weighted by atomic mass is 35.5. The van der Waals surface area contributed by atoms with Crippen LogP contribution in [0.25, 0.3) is 0 Å². The third-order valence-corrected chi connectivity index (χ3v) is 12.6. The fourth-order valence-electron chi connectivity index (χ4n) is 8.59. The molecule has 2 amide bonds. The first-order valence-electron chi connectivity index (χ1n) is 19.4. The molecule has 8 nitrogen and oxygen atoms in total. The molecule has 0 saturated carbocycles. The number of alkyl halides is 6. The van der Waals surface area contributed by atoms with E-state index in [1.807, 2.05) is 12.1 Å². The largest absolute Gasteiger partial charge is 0.416 e. The monoisotopic (exact) mass is 857 g/mol. The van der Waals surface area contributed by atoms with E-state index in [9.17, 15) is 35.9 Å². The maximum Gasteiger partial charge on any atom is 0.416 e. The summed E-state index contributed by atoms with van der Waals surface area (Å²) in [6.45, 7) is 2.21. The number of hydrogen-bond donors (Lipinski definition) is 1. The van der Waals surface area contributed by atoms with Gasteiger partial charge in [-0.25, -0.2) is 0 Å². The average Bonchev–Trinajstić information content (AvgIpc) is 3.50. The van der Waals surface area contributed by atoms with E-state index < -0.39 is 40.6 Å². The van der Waals surface area contributed by atoms with E-state index >= 15 is 0 Å². The fourth-order valence-corrected chi connectivity index (χ4v) is 8.89. The first-order chi connectivity index (χ1) is 27.5. The van der Waals surface area contributed by atoms with Crippen LogP contribution in [0.2, 0.25) is 10.0 Å². The predicted molar refractivity (Wildman–Crippen MR) is 207 cm³/mol. The third kappa shape index (κ3) is 9.79. The number of morpholine rings is 1. The third-order valence-electron chi connectivity index (χ3n) is 11.9. The van der Waals surface area contributed by atoms with E-state index in [1.165, 1.54) is 16.0 Å². The van der Waals surface area contributed by atoms with Crippen LogP contribution in [0.1, 0.15) is 76.7 Å². The first-order valence-corrected chi connectivity index (χ1v) is 20.2. The van der Waals surface area contributed by atoms with Crippen LogP contribution in [-0.4, -0.2) is 104 Å². The van der Waals surface area contributed by atoms with E-state index in [0.717, 1.165) is 25.7 Å². The molecule has 1 aliphatic carbocycles. The van der Waals surface area contributed by atoms with E-state index in [2.05, 4.69) is 17.0 Å². The van der Waals surface area contributed by atoms with Gasteiger partial charge in [0.25, 0.3) is 5.91 Å². The lowest BCUT2D eigenvalue weighted by atomic mass is 9.72. The number of amides is 2. The zero-order chi connectivity index (χ0) is 41.9. The molecule has 1 N–H and O–H groups in total. The minimum atomic E-state index is -5.11. The number of halogens is 8. The van der Waals surface area contributed by atoms with Gasteiger partial charge in [0.1, 0.15) is 12.2 Å². The number of ether oxygens (including phenoxy) is 2. The highest BCUT2D eigenvalue weighted by Gasteiger charge is 2.50. The molecule has 3 aromatic rings.